The second-order valence-corrected chi connectivity index (χ2v) is 9.40. The van der Waals surface area contributed by atoms with E-state index >= 15 is 0 Å². The molecule has 150 valence electrons. The topological polar surface area (TPSA) is 57.7 Å². The molecule has 2 aromatic rings. The normalized spacial score (nSPS) is 15.0. The Morgan fingerprint density at radius 3 is 2.29 bits per heavy atom. The van der Waals surface area contributed by atoms with Crippen molar-refractivity contribution in [3.8, 4) is 0 Å². The summed E-state index contributed by atoms with van der Waals surface area (Å²) in [7, 11) is -1.98. The highest BCUT2D eigenvalue weighted by Crippen LogP contribution is 2.28. The van der Waals surface area contributed by atoms with E-state index in [4.69, 9.17) is 11.6 Å². The van der Waals surface area contributed by atoms with Crippen LogP contribution in [0.5, 0.6) is 0 Å². The largest absolute Gasteiger partial charge is 0.337 e. The lowest BCUT2D eigenvalue weighted by Crippen LogP contribution is -2.29. The van der Waals surface area contributed by atoms with E-state index in [0.29, 0.717) is 25.2 Å². The molecule has 0 saturated carbocycles. The molecule has 7 heteroatoms. The van der Waals surface area contributed by atoms with Crippen LogP contribution < -0.4 is 0 Å². The van der Waals surface area contributed by atoms with E-state index in [0.717, 1.165) is 24.8 Å². The summed E-state index contributed by atoms with van der Waals surface area (Å²) in [6.07, 6.45) is 2.65. The zero-order chi connectivity index (χ0) is 20.3. The quantitative estimate of drug-likeness (QED) is 0.710. The molecule has 0 unspecified atom stereocenters. The van der Waals surface area contributed by atoms with Crippen molar-refractivity contribution in [3.05, 3.63) is 64.2 Å². The number of rotatable bonds is 6. The number of amides is 1. The van der Waals surface area contributed by atoms with Crippen LogP contribution in [-0.2, 0) is 23.0 Å². The Morgan fingerprint density at radius 2 is 1.68 bits per heavy atom. The molecule has 1 aliphatic heterocycles. The Hall–Kier alpha value is -1.89. The number of hydrogen-bond acceptors (Lipinski definition) is 3. The SMILES string of the molecule is CCc1ccc(CN(C)C(=O)c2ccc(Cl)c(S(=O)(=O)N3CCCC3)c2)cc1. The summed E-state index contributed by atoms with van der Waals surface area (Å²) < 4.78 is 27.2. The van der Waals surface area contributed by atoms with E-state index < -0.39 is 10.0 Å². The van der Waals surface area contributed by atoms with Gasteiger partial charge in [-0.05, 0) is 48.6 Å². The summed E-state index contributed by atoms with van der Waals surface area (Å²) in [5.74, 6) is -0.242. The van der Waals surface area contributed by atoms with E-state index in [1.165, 1.54) is 22.0 Å². The number of aryl methyl sites for hydroxylation is 1. The molecular weight excluding hydrogens is 396 g/mol. The van der Waals surface area contributed by atoms with Gasteiger partial charge in [-0.25, -0.2) is 8.42 Å². The van der Waals surface area contributed by atoms with Crippen LogP contribution in [0.15, 0.2) is 47.4 Å². The van der Waals surface area contributed by atoms with Crippen LogP contribution in [0.3, 0.4) is 0 Å². The first-order chi connectivity index (χ1) is 13.3. The zero-order valence-corrected chi connectivity index (χ0v) is 17.8. The molecule has 0 atom stereocenters. The van der Waals surface area contributed by atoms with E-state index in [1.807, 2.05) is 12.1 Å². The third kappa shape index (κ3) is 4.40. The Bertz CT molecular complexity index is 952. The van der Waals surface area contributed by atoms with Crippen LogP contribution in [0.1, 0.15) is 41.3 Å². The molecule has 0 aromatic heterocycles. The predicted octanol–water partition coefficient (Wildman–Crippen LogP) is 3.96. The molecule has 1 aliphatic rings. The Kier molecular flexibility index (Phi) is 6.43. The number of sulfonamides is 1. The highest BCUT2D eigenvalue weighted by atomic mass is 35.5. The maximum absolute atomic E-state index is 12.9. The van der Waals surface area contributed by atoms with Crippen LogP contribution >= 0.6 is 11.6 Å². The molecule has 0 N–H and O–H groups in total. The van der Waals surface area contributed by atoms with Gasteiger partial charge in [0.15, 0.2) is 0 Å². The van der Waals surface area contributed by atoms with Gasteiger partial charge in [-0.2, -0.15) is 4.31 Å². The van der Waals surface area contributed by atoms with Gasteiger partial charge in [0.05, 0.1) is 5.02 Å². The number of halogens is 1. The lowest BCUT2D eigenvalue weighted by Gasteiger charge is -2.20. The lowest BCUT2D eigenvalue weighted by atomic mass is 10.1. The minimum absolute atomic E-state index is 0.00242. The van der Waals surface area contributed by atoms with Crippen molar-refractivity contribution < 1.29 is 13.2 Å². The number of carbonyl (C=O) groups is 1. The maximum Gasteiger partial charge on any atom is 0.253 e. The van der Waals surface area contributed by atoms with Crippen molar-refractivity contribution in [1.29, 1.82) is 0 Å². The summed E-state index contributed by atoms with van der Waals surface area (Å²) in [5, 5.41) is 0.140. The first-order valence-corrected chi connectivity index (χ1v) is 11.3. The smallest absolute Gasteiger partial charge is 0.253 e. The molecule has 1 amide bonds. The van der Waals surface area contributed by atoms with Crippen molar-refractivity contribution in [1.82, 2.24) is 9.21 Å². The number of carbonyl (C=O) groups excluding carboxylic acids is 1. The van der Waals surface area contributed by atoms with Crippen LogP contribution in [0.25, 0.3) is 0 Å². The van der Waals surface area contributed by atoms with Gasteiger partial charge in [0, 0.05) is 32.2 Å². The average molecular weight is 421 g/mol. The minimum atomic E-state index is -3.69. The molecule has 3 rings (SSSR count). The maximum atomic E-state index is 12.9. The summed E-state index contributed by atoms with van der Waals surface area (Å²) in [6.45, 7) is 3.52. The molecule has 1 heterocycles. The fourth-order valence-corrected chi connectivity index (χ4v) is 5.37. The van der Waals surface area contributed by atoms with Crippen molar-refractivity contribution >= 4 is 27.5 Å². The highest BCUT2D eigenvalue weighted by Gasteiger charge is 2.30. The Morgan fingerprint density at radius 1 is 1.07 bits per heavy atom. The summed E-state index contributed by atoms with van der Waals surface area (Å²) in [4.78, 5) is 14.4. The summed E-state index contributed by atoms with van der Waals surface area (Å²) in [6, 6.07) is 12.6. The van der Waals surface area contributed by atoms with Gasteiger partial charge in [-0.3, -0.25) is 4.79 Å². The third-order valence-corrected chi connectivity index (χ3v) is 7.44. The third-order valence-electron chi connectivity index (χ3n) is 5.06. The number of nitrogens with zero attached hydrogens (tertiary/aromatic N) is 2. The number of hydrogen-bond donors (Lipinski definition) is 0. The molecule has 5 nitrogen and oxygen atoms in total. The molecule has 28 heavy (non-hydrogen) atoms. The average Bonchev–Trinajstić information content (AvgIpc) is 3.24. The zero-order valence-electron chi connectivity index (χ0n) is 16.2. The van der Waals surface area contributed by atoms with Crippen LogP contribution in [0.2, 0.25) is 5.02 Å². The highest BCUT2D eigenvalue weighted by molar-refractivity contribution is 7.89. The van der Waals surface area contributed by atoms with E-state index in [2.05, 4.69) is 19.1 Å². The van der Waals surface area contributed by atoms with Crippen molar-refractivity contribution in [2.24, 2.45) is 0 Å². The minimum Gasteiger partial charge on any atom is -0.337 e. The van der Waals surface area contributed by atoms with Gasteiger partial charge in [-0.15, -0.1) is 0 Å². The molecule has 1 fully saturated rings. The van der Waals surface area contributed by atoms with E-state index in [9.17, 15) is 13.2 Å². The fourth-order valence-electron chi connectivity index (χ4n) is 3.35. The number of benzene rings is 2. The Balaban J connectivity index is 1.81. The van der Waals surface area contributed by atoms with Gasteiger partial charge in [0.2, 0.25) is 10.0 Å². The van der Waals surface area contributed by atoms with Crippen molar-refractivity contribution in [2.45, 2.75) is 37.6 Å². The lowest BCUT2D eigenvalue weighted by molar-refractivity contribution is 0.0785. The van der Waals surface area contributed by atoms with Gasteiger partial charge < -0.3 is 4.90 Å². The van der Waals surface area contributed by atoms with Gasteiger partial charge in [0.25, 0.3) is 5.91 Å². The summed E-state index contributed by atoms with van der Waals surface area (Å²) in [5.41, 5.74) is 2.58. The Labute approximate surface area is 172 Å². The monoisotopic (exact) mass is 420 g/mol. The predicted molar refractivity (Wildman–Crippen MR) is 111 cm³/mol. The molecule has 0 aliphatic carbocycles. The molecule has 0 spiro atoms. The second-order valence-electron chi connectivity index (χ2n) is 7.09. The van der Waals surface area contributed by atoms with Gasteiger partial charge in [0.1, 0.15) is 4.90 Å². The molecular formula is C21H25ClN2O3S. The second kappa shape index (κ2) is 8.64. The van der Waals surface area contributed by atoms with Gasteiger partial charge >= 0.3 is 0 Å². The molecule has 0 radical (unpaired) electrons. The molecule has 2 aromatic carbocycles. The standard InChI is InChI=1S/C21H25ClN2O3S/c1-3-16-6-8-17(9-7-16)15-23(2)21(25)18-10-11-19(22)20(14-18)28(26,27)24-12-4-5-13-24/h6-11,14H,3-5,12-13,15H2,1-2H3. The first kappa shape index (κ1) is 20.8. The summed E-state index contributed by atoms with van der Waals surface area (Å²) >= 11 is 6.17. The molecule has 0 bridgehead atoms. The van der Waals surface area contributed by atoms with E-state index in [1.54, 1.807) is 18.0 Å². The first-order valence-electron chi connectivity index (χ1n) is 9.46. The molecule has 1 saturated heterocycles. The van der Waals surface area contributed by atoms with Crippen molar-refractivity contribution in [2.75, 3.05) is 20.1 Å². The van der Waals surface area contributed by atoms with E-state index in [-0.39, 0.29) is 15.8 Å². The van der Waals surface area contributed by atoms with Crippen LogP contribution in [0, 0.1) is 0 Å². The van der Waals surface area contributed by atoms with Crippen molar-refractivity contribution in [3.63, 3.8) is 0 Å². The van der Waals surface area contributed by atoms with Crippen LogP contribution in [-0.4, -0.2) is 43.7 Å². The van der Waals surface area contributed by atoms with Crippen LogP contribution in [0.4, 0.5) is 0 Å². The fraction of sp³-hybridized carbons (Fsp3) is 0.381. The van der Waals surface area contributed by atoms with Gasteiger partial charge in [-0.1, -0.05) is 42.8 Å².